The molecule has 1 aliphatic rings. The molecule has 3 aromatic rings. The number of para-hydroxylation sites is 1. The van der Waals surface area contributed by atoms with Crippen LogP contribution in [0.15, 0.2) is 66.7 Å². The Labute approximate surface area is 195 Å². The van der Waals surface area contributed by atoms with Gasteiger partial charge >= 0.3 is 0 Å². The number of amidine groups is 1. The predicted molar refractivity (Wildman–Crippen MR) is 128 cm³/mol. The zero-order valence-electron chi connectivity index (χ0n) is 17.7. The van der Waals surface area contributed by atoms with Gasteiger partial charge in [-0.1, -0.05) is 35.9 Å². The molecule has 2 amide bonds. The summed E-state index contributed by atoms with van der Waals surface area (Å²) in [5.74, 6) is -1.17. The summed E-state index contributed by atoms with van der Waals surface area (Å²) in [5.41, 5.74) is 1.61. The Morgan fingerprint density at radius 3 is 2.18 bits per heavy atom. The van der Waals surface area contributed by atoms with Crippen molar-refractivity contribution in [2.75, 3.05) is 23.7 Å². The molecular weight excluding hydrogens is 443 g/mol. The van der Waals surface area contributed by atoms with Crippen molar-refractivity contribution in [1.82, 2.24) is 4.90 Å². The molecule has 0 unspecified atom stereocenters. The first-order valence-corrected chi connectivity index (χ1v) is 10.9. The molecule has 33 heavy (non-hydrogen) atoms. The molecule has 0 bridgehead atoms. The topological polar surface area (TPSA) is 85.3 Å². The monoisotopic (exact) mass is 464 g/mol. The molecule has 0 spiro atoms. The zero-order valence-corrected chi connectivity index (χ0v) is 18.5. The van der Waals surface area contributed by atoms with Gasteiger partial charge in [0.05, 0.1) is 16.9 Å². The Morgan fingerprint density at radius 1 is 0.848 bits per heavy atom. The largest absolute Gasteiger partial charge is 0.357 e. The molecule has 0 aromatic heterocycles. The van der Waals surface area contributed by atoms with Crippen molar-refractivity contribution >= 4 is 40.6 Å². The van der Waals surface area contributed by atoms with Crippen LogP contribution in [-0.2, 0) is 0 Å². The van der Waals surface area contributed by atoms with E-state index < -0.39 is 17.6 Å². The number of halogens is 2. The number of nitrogens with one attached hydrogen (secondary N) is 3. The first-order valence-electron chi connectivity index (χ1n) is 10.5. The van der Waals surface area contributed by atoms with E-state index in [1.807, 2.05) is 4.90 Å². The van der Waals surface area contributed by atoms with Crippen LogP contribution in [0.25, 0.3) is 0 Å². The van der Waals surface area contributed by atoms with E-state index in [4.69, 9.17) is 17.0 Å². The molecular formula is C25H22ClFN4O2. The van der Waals surface area contributed by atoms with E-state index in [2.05, 4.69) is 10.6 Å². The molecule has 0 atom stereocenters. The lowest BCUT2D eigenvalue weighted by Gasteiger charge is -2.18. The second-order valence-corrected chi connectivity index (χ2v) is 8.13. The van der Waals surface area contributed by atoms with Crippen molar-refractivity contribution in [1.29, 1.82) is 5.41 Å². The summed E-state index contributed by atoms with van der Waals surface area (Å²) in [6, 6.07) is 17.2. The first-order chi connectivity index (χ1) is 15.9. The van der Waals surface area contributed by atoms with Crippen molar-refractivity contribution in [3.05, 3.63) is 94.3 Å². The third-order valence-electron chi connectivity index (χ3n) is 5.44. The summed E-state index contributed by atoms with van der Waals surface area (Å²) in [4.78, 5) is 27.6. The number of nitrogens with zero attached hydrogens (tertiary/aromatic N) is 1. The highest BCUT2D eigenvalue weighted by atomic mass is 35.5. The van der Waals surface area contributed by atoms with Crippen LogP contribution >= 0.6 is 11.6 Å². The summed E-state index contributed by atoms with van der Waals surface area (Å²) in [7, 11) is 0. The highest BCUT2D eigenvalue weighted by Gasteiger charge is 2.18. The average molecular weight is 465 g/mol. The van der Waals surface area contributed by atoms with E-state index in [9.17, 15) is 14.0 Å². The Morgan fingerprint density at radius 2 is 1.48 bits per heavy atom. The summed E-state index contributed by atoms with van der Waals surface area (Å²) >= 11 is 5.76. The number of amides is 2. The number of hydrogen-bond acceptors (Lipinski definition) is 3. The molecule has 8 heteroatoms. The number of anilines is 2. The van der Waals surface area contributed by atoms with E-state index in [1.54, 1.807) is 48.5 Å². The molecule has 0 radical (unpaired) electrons. The summed E-state index contributed by atoms with van der Waals surface area (Å²) in [5, 5.41) is 13.8. The van der Waals surface area contributed by atoms with Crippen molar-refractivity contribution in [3.8, 4) is 0 Å². The fourth-order valence-electron chi connectivity index (χ4n) is 3.67. The minimum Gasteiger partial charge on any atom is -0.357 e. The first kappa shape index (κ1) is 22.5. The molecule has 3 N–H and O–H groups in total. The van der Waals surface area contributed by atoms with Crippen LogP contribution in [0.5, 0.6) is 0 Å². The number of rotatable bonds is 5. The quantitative estimate of drug-likeness (QED) is 0.349. The average Bonchev–Trinajstić information content (AvgIpc) is 3.36. The highest BCUT2D eigenvalue weighted by Crippen LogP contribution is 2.22. The standard InChI is InChI=1S/C25H22ClFN4O2/c26-18-11-12-22(20(27)15-18)30-25(33)19-5-1-2-6-21(19)29-24(32)17-9-7-16(8-10-17)23(28)31-13-3-4-14-31/h1-2,5-12,15,28H,3-4,13-14H2,(H,29,32)(H,30,33). The van der Waals surface area contributed by atoms with Crippen LogP contribution in [0.1, 0.15) is 39.1 Å². The van der Waals surface area contributed by atoms with E-state index in [1.165, 1.54) is 12.1 Å². The van der Waals surface area contributed by atoms with Crippen LogP contribution < -0.4 is 10.6 Å². The molecule has 0 saturated carbocycles. The van der Waals surface area contributed by atoms with Gasteiger partial charge in [0.25, 0.3) is 11.8 Å². The predicted octanol–water partition coefficient (Wildman–Crippen LogP) is 5.40. The summed E-state index contributed by atoms with van der Waals surface area (Å²) < 4.78 is 14.1. The number of likely N-dealkylation sites (tertiary alicyclic amines) is 1. The van der Waals surface area contributed by atoms with Gasteiger partial charge in [0.2, 0.25) is 0 Å². The fourth-order valence-corrected chi connectivity index (χ4v) is 3.83. The molecule has 168 valence electrons. The maximum absolute atomic E-state index is 14.1. The molecule has 1 saturated heterocycles. The van der Waals surface area contributed by atoms with E-state index in [0.29, 0.717) is 17.1 Å². The van der Waals surface area contributed by atoms with Crippen LogP contribution in [-0.4, -0.2) is 35.6 Å². The van der Waals surface area contributed by atoms with Gasteiger partial charge < -0.3 is 15.5 Å². The lowest BCUT2D eigenvalue weighted by molar-refractivity contribution is 0.102. The van der Waals surface area contributed by atoms with Crippen LogP contribution in [0.4, 0.5) is 15.8 Å². The maximum atomic E-state index is 14.1. The minimum atomic E-state index is -0.656. The van der Waals surface area contributed by atoms with Crippen molar-refractivity contribution in [3.63, 3.8) is 0 Å². The van der Waals surface area contributed by atoms with Gasteiger partial charge in [-0.2, -0.15) is 0 Å². The highest BCUT2D eigenvalue weighted by molar-refractivity contribution is 6.30. The van der Waals surface area contributed by atoms with E-state index in [-0.39, 0.29) is 16.3 Å². The van der Waals surface area contributed by atoms with Gasteiger partial charge in [0.1, 0.15) is 11.7 Å². The number of carbonyl (C=O) groups is 2. The third kappa shape index (κ3) is 5.21. The van der Waals surface area contributed by atoms with Gasteiger partial charge in [-0.15, -0.1) is 0 Å². The van der Waals surface area contributed by atoms with Crippen LogP contribution in [0, 0.1) is 11.2 Å². The third-order valence-corrected chi connectivity index (χ3v) is 5.68. The van der Waals surface area contributed by atoms with E-state index >= 15 is 0 Å². The van der Waals surface area contributed by atoms with Gasteiger partial charge in [-0.3, -0.25) is 15.0 Å². The second-order valence-electron chi connectivity index (χ2n) is 7.70. The fraction of sp³-hybridized carbons (Fsp3) is 0.160. The SMILES string of the molecule is N=C(c1ccc(C(=O)Nc2ccccc2C(=O)Nc2ccc(Cl)cc2F)cc1)N1CCCC1. The molecule has 1 aliphatic heterocycles. The molecule has 4 rings (SSSR count). The van der Waals surface area contributed by atoms with Crippen molar-refractivity contribution in [2.45, 2.75) is 12.8 Å². The van der Waals surface area contributed by atoms with Gasteiger partial charge in [-0.05, 0) is 55.3 Å². The van der Waals surface area contributed by atoms with Crippen LogP contribution in [0.3, 0.4) is 0 Å². The lowest BCUT2D eigenvalue weighted by atomic mass is 10.1. The molecule has 1 fully saturated rings. The Bertz CT molecular complexity index is 1210. The number of carbonyl (C=O) groups excluding carboxylic acids is 2. The van der Waals surface area contributed by atoms with Gasteiger partial charge in [0.15, 0.2) is 0 Å². The lowest BCUT2D eigenvalue weighted by Crippen LogP contribution is -2.27. The van der Waals surface area contributed by atoms with Crippen molar-refractivity contribution < 1.29 is 14.0 Å². The number of benzene rings is 3. The zero-order chi connectivity index (χ0) is 23.4. The summed E-state index contributed by atoms with van der Waals surface area (Å²) in [6.45, 7) is 1.75. The van der Waals surface area contributed by atoms with Gasteiger partial charge in [0, 0.05) is 29.2 Å². The van der Waals surface area contributed by atoms with Gasteiger partial charge in [-0.25, -0.2) is 4.39 Å². The van der Waals surface area contributed by atoms with E-state index in [0.717, 1.165) is 37.6 Å². The van der Waals surface area contributed by atoms with Crippen LogP contribution in [0.2, 0.25) is 5.02 Å². The minimum absolute atomic E-state index is 0.0124. The Balaban J connectivity index is 1.47. The maximum Gasteiger partial charge on any atom is 0.257 e. The Kier molecular flexibility index (Phi) is 6.70. The van der Waals surface area contributed by atoms with Crippen molar-refractivity contribution in [2.24, 2.45) is 0 Å². The Hall–Kier alpha value is -3.71. The molecule has 0 aliphatic carbocycles. The number of hydrogen-bond donors (Lipinski definition) is 3. The second kappa shape index (κ2) is 9.83. The molecule has 3 aromatic carbocycles. The summed E-state index contributed by atoms with van der Waals surface area (Å²) in [6.07, 6.45) is 2.17. The normalized spacial score (nSPS) is 13.0. The molecule has 1 heterocycles. The smallest absolute Gasteiger partial charge is 0.257 e. The molecule has 6 nitrogen and oxygen atoms in total.